The van der Waals surface area contributed by atoms with Gasteiger partial charge in [0.1, 0.15) is 0 Å². The van der Waals surface area contributed by atoms with Gasteiger partial charge in [-0.1, -0.05) is 79.7 Å². The molecule has 0 bridgehead atoms. The van der Waals surface area contributed by atoms with Crippen LogP contribution in [0.2, 0.25) is 0 Å². The van der Waals surface area contributed by atoms with Gasteiger partial charge < -0.3 is 14.8 Å². The lowest BCUT2D eigenvalue weighted by Crippen LogP contribution is -2.03. The van der Waals surface area contributed by atoms with Crippen LogP contribution in [0, 0.1) is 0 Å². The molecule has 0 aliphatic carbocycles. The molecule has 0 saturated heterocycles. The van der Waals surface area contributed by atoms with Crippen molar-refractivity contribution in [3.8, 4) is 22.3 Å². The summed E-state index contributed by atoms with van der Waals surface area (Å²) >= 11 is 0. The topological polar surface area (TPSA) is 45.4 Å². The number of aliphatic hydroxyl groups is 2. The number of fused-ring (bicyclic) bond motifs is 3. The highest BCUT2D eigenvalue weighted by Gasteiger charge is 2.18. The van der Waals surface area contributed by atoms with E-state index in [9.17, 15) is 10.2 Å². The molecule has 0 amide bonds. The van der Waals surface area contributed by atoms with E-state index in [2.05, 4.69) is 66.9 Å². The Bertz CT molecular complexity index is 1400. The highest BCUT2D eigenvalue weighted by molar-refractivity contribution is 6.10. The lowest BCUT2D eigenvalue weighted by Gasteiger charge is -2.17. The van der Waals surface area contributed by atoms with Gasteiger partial charge in [0.25, 0.3) is 0 Å². The summed E-state index contributed by atoms with van der Waals surface area (Å²) < 4.78 is 2.45. The molecule has 3 nitrogen and oxygen atoms in total. The van der Waals surface area contributed by atoms with Crippen molar-refractivity contribution >= 4 is 21.8 Å². The first-order valence-corrected chi connectivity index (χ1v) is 12.5. The number of nitrogens with zero attached hydrogens (tertiary/aromatic N) is 1. The van der Waals surface area contributed by atoms with E-state index in [1.165, 1.54) is 21.8 Å². The summed E-state index contributed by atoms with van der Waals surface area (Å²) in [5.41, 5.74) is 8.64. The maximum atomic E-state index is 10.4. The van der Waals surface area contributed by atoms with Crippen molar-refractivity contribution in [2.24, 2.45) is 0 Å². The van der Waals surface area contributed by atoms with Crippen molar-refractivity contribution < 1.29 is 10.2 Å². The summed E-state index contributed by atoms with van der Waals surface area (Å²) in [6.45, 7) is 8.13. The SMILES string of the molecule is CCC(C)n1c2cc(-c3ccccc3C(C)O)ccc2c2ccc(-c3ccccc3C(C)O)cc21. The summed E-state index contributed by atoms with van der Waals surface area (Å²) in [7, 11) is 0. The van der Waals surface area contributed by atoms with Gasteiger partial charge >= 0.3 is 0 Å². The van der Waals surface area contributed by atoms with Gasteiger partial charge in [0.15, 0.2) is 0 Å². The first-order chi connectivity index (χ1) is 16.9. The van der Waals surface area contributed by atoms with Gasteiger partial charge in [0.05, 0.1) is 12.2 Å². The molecule has 3 atom stereocenters. The number of benzene rings is 4. The fourth-order valence-corrected chi connectivity index (χ4v) is 5.29. The van der Waals surface area contributed by atoms with Crippen molar-refractivity contribution in [3.05, 3.63) is 96.1 Å². The molecule has 3 unspecified atom stereocenters. The largest absolute Gasteiger partial charge is 0.389 e. The Kier molecular flexibility index (Phi) is 6.22. The van der Waals surface area contributed by atoms with E-state index in [1.54, 1.807) is 0 Å². The van der Waals surface area contributed by atoms with E-state index in [0.29, 0.717) is 6.04 Å². The molecule has 0 aliphatic rings. The Hall–Kier alpha value is -3.40. The second kappa shape index (κ2) is 9.33. The lowest BCUT2D eigenvalue weighted by atomic mass is 9.95. The molecule has 1 heterocycles. The predicted octanol–water partition coefficient (Wildman–Crippen LogP) is 8.21. The third-order valence-corrected chi connectivity index (χ3v) is 7.28. The Morgan fingerprint density at radius 3 is 1.46 bits per heavy atom. The van der Waals surface area contributed by atoms with Crippen LogP contribution in [0.1, 0.15) is 63.5 Å². The maximum Gasteiger partial charge on any atom is 0.0767 e. The molecular weight excluding hydrogens is 430 g/mol. The summed E-state index contributed by atoms with van der Waals surface area (Å²) in [5, 5.41) is 23.2. The summed E-state index contributed by atoms with van der Waals surface area (Å²) in [6.07, 6.45) is -0.0419. The summed E-state index contributed by atoms with van der Waals surface area (Å²) in [4.78, 5) is 0. The molecule has 0 fully saturated rings. The molecular formula is C32H33NO2. The third kappa shape index (κ3) is 4.05. The highest BCUT2D eigenvalue weighted by Crippen LogP contribution is 2.39. The minimum absolute atomic E-state index is 0.319. The zero-order valence-corrected chi connectivity index (χ0v) is 20.9. The molecule has 1 aromatic heterocycles. The molecule has 0 radical (unpaired) electrons. The van der Waals surface area contributed by atoms with E-state index < -0.39 is 12.2 Å². The molecule has 4 aromatic carbocycles. The minimum atomic E-state index is -0.529. The van der Waals surface area contributed by atoms with Crippen LogP contribution in [0.4, 0.5) is 0 Å². The van der Waals surface area contributed by atoms with Gasteiger partial charge in [-0.05, 0) is 72.7 Å². The van der Waals surface area contributed by atoms with E-state index >= 15 is 0 Å². The maximum absolute atomic E-state index is 10.4. The first-order valence-electron chi connectivity index (χ1n) is 12.5. The van der Waals surface area contributed by atoms with Crippen molar-refractivity contribution in [1.29, 1.82) is 0 Å². The van der Waals surface area contributed by atoms with Crippen molar-refractivity contribution in [2.75, 3.05) is 0 Å². The third-order valence-electron chi connectivity index (χ3n) is 7.28. The number of aromatic nitrogens is 1. The van der Waals surface area contributed by atoms with E-state index in [0.717, 1.165) is 39.8 Å². The van der Waals surface area contributed by atoms with Gasteiger partial charge in [-0.15, -0.1) is 0 Å². The van der Waals surface area contributed by atoms with E-state index in [1.807, 2.05) is 50.2 Å². The molecule has 35 heavy (non-hydrogen) atoms. The quantitative estimate of drug-likeness (QED) is 0.266. The highest BCUT2D eigenvalue weighted by atomic mass is 16.3. The Balaban J connectivity index is 1.77. The average Bonchev–Trinajstić information content (AvgIpc) is 3.21. The number of hydrogen-bond donors (Lipinski definition) is 2. The van der Waals surface area contributed by atoms with Crippen LogP contribution in [0.5, 0.6) is 0 Å². The van der Waals surface area contributed by atoms with Crippen molar-refractivity contribution in [1.82, 2.24) is 4.57 Å². The van der Waals surface area contributed by atoms with Crippen LogP contribution >= 0.6 is 0 Å². The van der Waals surface area contributed by atoms with Crippen LogP contribution in [-0.2, 0) is 0 Å². The van der Waals surface area contributed by atoms with Crippen molar-refractivity contribution in [2.45, 2.75) is 52.4 Å². The number of aliphatic hydroxyl groups excluding tert-OH is 2. The van der Waals surface area contributed by atoms with Gasteiger partial charge in [0, 0.05) is 27.8 Å². The molecule has 5 aromatic rings. The standard InChI is InChI=1S/C32H33NO2/c1-5-20(2)33-31-18-23(27-12-8-6-10-25(27)21(3)34)14-16-29(31)30-17-15-24(19-32(30)33)28-13-9-7-11-26(28)22(4)35/h6-22,34-35H,5H2,1-4H3. The van der Waals surface area contributed by atoms with Crippen LogP contribution in [-0.4, -0.2) is 14.8 Å². The Morgan fingerprint density at radius 1 is 0.629 bits per heavy atom. The predicted molar refractivity (Wildman–Crippen MR) is 147 cm³/mol. The molecule has 178 valence electrons. The molecule has 2 N–H and O–H groups in total. The number of rotatable bonds is 6. The second-order valence-corrected chi connectivity index (χ2v) is 9.62. The summed E-state index contributed by atoms with van der Waals surface area (Å²) in [6, 6.07) is 29.8. The van der Waals surface area contributed by atoms with Crippen LogP contribution in [0.25, 0.3) is 44.1 Å². The van der Waals surface area contributed by atoms with E-state index in [4.69, 9.17) is 0 Å². The molecule has 5 rings (SSSR count). The molecule has 0 saturated carbocycles. The molecule has 3 heteroatoms. The fraction of sp³-hybridized carbons (Fsp3) is 0.250. The van der Waals surface area contributed by atoms with Crippen LogP contribution in [0.3, 0.4) is 0 Å². The minimum Gasteiger partial charge on any atom is -0.389 e. The smallest absolute Gasteiger partial charge is 0.0767 e. The first kappa shape index (κ1) is 23.3. The van der Waals surface area contributed by atoms with Gasteiger partial charge in [0.2, 0.25) is 0 Å². The monoisotopic (exact) mass is 463 g/mol. The second-order valence-electron chi connectivity index (χ2n) is 9.62. The van der Waals surface area contributed by atoms with Crippen molar-refractivity contribution in [3.63, 3.8) is 0 Å². The Labute approximate surface area is 207 Å². The normalized spacial score (nSPS) is 14.3. The molecule has 0 aliphatic heterocycles. The zero-order chi connectivity index (χ0) is 24.7. The Morgan fingerprint density at radius 2 is 1.06 bits per heavy atom. The van der Waals surface area contributed by atoms with Gasteiger partial charge in [-0.25, -0.2) is 0 Å². The lowest BCUT2D eigenvalue weighted by molar-refractivity contribution is 0.199. The number of hydrogen-bond acceptors (Lipinski definition) is 2. The van der Waals surface area contributed by atoms with Gasteiger partial charge in [-0.2, -0.15) is 0 Å². The zero-order valence-electron chi connectivity index (χ0n) is 20.9. The molecule has 0 spiro atoms. The van der Waals surface area contributed by atoms with Crippen LogP contribution in [0.15, 0.2) is 84.9 Å². The van der Waals surface area contributed by atoms with Gasteiger partial charge in [-0.3, -0.25) is 0 Å². The summed E-state index contributed by atoms with van der Waals surface area (Å²) in [5.74, 6) is 0. The van der Waals surface area contributed by atoms with Crippen LogP contribution < -0.4 is 0 Å². The fourth-order valence-electron chi connectivity index (χ4n) is 5.29. The average molecular weight is 464 g/mol. The van der Waals surface area contributed by atoms with E-state index in [-0.39, 0.29) is 0 Å².